The highest BCUT2D eigenvalue weighted by molar-refractivity contribution is 6.74. The van der Waals surface area contributed by atoms with Crippen LogP contribution in [0.2, 0.25) is 0 Å². The predicted molar refractivity (Wildman–Crippen MR) is 303 cm³/mol. The van der Waals surface area contributed by atoms with Crippen LogP contribution >= 0.6 is 0 Å². The highest BCUT2D eigenvalue weighted by atomic mass is 16.6. The van der Waals surface area contributed by atoms with E-state index in [1.165, 1.54) is 44.5 Å². The van der Waals surface area contributed by atoms with E-state index in [0.717, 1.165) is 96.4 Å². The van der Waals surface area contributed by atoms with Crippen LogP contribution < -0.4 is 30.6 Å². The lowest BCUT2D eigenvalue weighted by molar-refractivity contribution is 0.332. The van der Waals surface area contributed by atoms with Gasteiger partial charge in [-0.25, -0.2) is 0 Å². The molecule has 73 heavy (non-hydrogen) atoms. The molecule has 1 radical (unpaired) electrons. The van der Waals surface area contributed by atoms with Gasteiger partial charge in [-0.2, -0.15) is 0 Å². The molecule has 0 saturated carbocycles. The van der Waals surface area contributed by atoms with Crippen LogP contribution in [0, 0.1) is 13.8 Å². The van der Waals surface area contributed by atoms with Crippen molar-refractivity contribution in [2.24, 2.45) is 0 Å². The first-order chi connectivity index (χ1) is 35.2. The third-order valence-electron chi connectivity index (χ3n) is 16.8. The highest BCUT2D eigenvalue weighted by Gasteiger charge is 2.42. The lowest BCUT2D eigenvalue weighted by atomic mass is 9.57. The number of hydrogen-bond donors (Lipinski definition) is 1. The number of furan rings is 1. The molecule has 0 fully saturated rings. The normalized spacial score (nSPS) is 15.9. The Kier molecular flexibility index (Phi) is 9.32. The Hall–Kier alpha value is -7.96. The van der Waals surface area contributed by atoms with Gasteiger partial charge in [0.2, 0.25) is 0 Å². The molecule has 9 aromatic carbocycles. The maximum Gasteiger partial charge on any atom is 0.198 e. The van der Waals surface area contributed by atoms with E-state index in [4.69, 9.17) is 13.9 Å². The number of ether oxygens (including phenoxy) is 2. The minimum atomic E-state index is -0.348. The Balaban J connectivity index is 1.09. The average Bonchev–Trinajstić information content (AvgIpc) is 3.87. The molecule has 0 atom stereocenters. The SMILES string of the molecule is Cc1ccc(Nc2c(-c3c4c(cc5c3oc3ccccc35)N(c3cc5c(cc3C)C(C)(C)CCC5(C)C)c3cc5c(cc3[B]4)Oc3ccccc3O5)ccc3c2C(C)(C)c2ccccc2-3)c(-c2ccccc2)c1. The van der Waals surface area contributed by atoms with Crippen molar-refractivity contribution in [2.45, 2.75) is 84.5 Å². The van der Waals surface area contributed by atoms with Gasteiger partial charge >= 0.3 is 0 Å². The van der Waals surface area contributed by atoms with Crippen molar-refractivity contribution >= 4 is 68.6 Å². The number of hydrogen-bond acceptors (Lipinski definition) is 5. The van der Waals surface area contributed by atoms with Gasteiger partial charge in [0, 0.05) is 61.7 Å². The lowest BCUT2D eigenvalue weighted by Gasteiger charge is -2.44. The summed E-state index contributed by atoms with van der Waals surface area (Å²) < 4.78 is 20.7. The number of anilines is 5. The Morgan fingerprint density at radius 3 is 1.97 bits per heavy atom. The van der Waals surface area contributed by atoms with Gasteiger partial charge in [0.15, 0.2) is 30.3 Å². The van der Waals surface area contributed by atoms with Crippen molar-refractivity contribution in [3.05, 3.63) is 197 Å². The number of para-hydroxylation sites is 3. The van der Waals surface area contributed by atoms with Gasteiger partial charge in [-0.1, -0.05) is 162 Å². The highest BCUT2D eigenvalue weighted by Crippen LogP contribution is 2.57. The van der Waals surface area contributed by atoms with Crippen molar-refractivity contribution in [3.8, 4) is 56.4 Å². The van der Waals surface area contributed by atoms with Crippen molar-refractivity contribution < 1.29 is 13.9 Å². The van der Waals surface area contributed by atoms with E-state index < -0.39 is 0 Å². The van der Waals surface area contributed by atoms with E-state index >= 15 is 0 Å². The second kappa shape index (κ2) is 15.5. The van der Waals surface area contributed by atoms with Gasteiger partial charge in [0.1, 0.15) is 11.2 Å². The fourth-order valence-electron chi connectivity index (χ4n) is 12.8. The molecule has 0 bridgehead atoms. The van der Waals surface area contributed by atoms with Gasteiger partial charge in [0.25, 0.3) is 0 Å². The van der Waals surface area contributed by atoms with Gasteiger partial charge in [0.05, 0.1) is 5.69 Å². The molecule has 14 rings (SSSR count). The van der Waals surface area contributed by atoms with Crippen LogP contribution in [0.3, 0.4) is 0 Å². The molecule has 5 nitrogen and oxygen atoms in total. The van der Waals surface area contributed by atoms with E-state index in [0.29, 0.717) is 23.0 Å². The third-order valence-corrected chi connectivity index (χ3v) is 16.8. The van der Waals surface area contributed by atoms with E-state index in [9.17, 15) is 0 Å². The Morgan fingerprint density at radius 2 is 1.19 bits per heavy atom. The molecule has 355 valence electrons. The molecule has 0 amide bonds. The fourth-order valence-corrected chi connectivity index (χ4v) is 12.8. The number of benzene rings is 9. The topological polar surface area (TPSA) is 46.9 Å². The number of aryl methyl sites for hydroxylation is 2. The summed E-state index contributed by atoms with van der Waals surface area (Å²) in [6, 6.07) is 59.3. The summed E-state index contributed by atoms with van der Waals surface area (Å²) in [7, 11) is 2.37. The zero-order valence-corrected chi connectivity index (χ0v) is 42.8. The first-order valence-corrected chi connectivity index (χ1v) is 25.9. The molecular weight excluding hydrogens is 892 g/mol. The maximum atomic E-state index is 7.25. The first kappa shape index (κ1) is 43.8. The smallest absolute Gasteiger partial charge is 0.198 e. The summed E-state index contributed by atoms with van der Waals surface area (Å²) in [6.07, 6.45) is 2.26. The van der Waals surface area contributed by atoms with Crippen molar-refractivity contribution in [1.29, 1.82) is 0 Å². The zero-order valence-electron chi connectivity index (χ0n) is 42.8. The minimum absolute atomic E-state index is 0.0167. The van der Waals surface area contributed by atoms with Crippen LogP contribution in [-0.2, 0) is 16.2 Å². The molecule has 0 saturated heterocycles. The quantitative estimate of drug-likeness (QED) is 0.174. The van der Waals surface area contributed by atoms with Crippen molar-refractivity contribution in [2.75, 3.05) is 10.2 Å². The van der Waals surface area contributed by atoms with E-state index in [1.807, 2.05) is 24.3 Å². The number of nitrogens with zero attached hydrogens (tertiary/aromatic N) is 1. The predicted octanol–water partition coefficient (Wildman–Crippen LogP) is 17.3. The number of rotatable bonds is 5. The second-order valence-corrected chi connectivity index (χ2v) is 22.7. The van der Waals surface area contributed by atoms with Crippen LogP contribution in [0.4, 0.5) is 28.4 Å². The van der Waals surface area contributed by atoms with Crippen LogP contribution in [0.15, 0.2) is 168 Å². The Bertz CT molecular complexity index is 3990. The van der Waals surface area contributed by atoms with Crippen molar-refractivity contribution in [3.63, 3.8) is 0 Å². The average molecular weight is 948 g/mol. The van der Waals surface area contributed by atoms with E-state index in [-0.39, 0.29) is 16.2 Å². The molecule has 6 heteroatoms. The number of fused-ring (bicyclic) bond motifs is 11. The van der Waals surface area contributed by atoms with Crippen LogP contribution in [0.1, 0.15) is 87.8 Å². The van der Waals surface area contributed by atoms with Gasteiger partial charge < -0.3 is 24.1 Å². The molecule has 0 spiro atoms. The summed E-state index contributed by atoms with van der Waals surface area (Å²) in [4.78, 5) is 2.51. The standard InChI is InChI=1S/C67H56BN2O3/c1-38-26-29-51(45(32-38)40-18-10-9-11-19-40)69-63-44(28-27-43-41-20-12-14-22-47(41)67(7,8)61(43)63)60-62-54(34-46-42-21-13-15-23-55(42)73-64(46)60)70(52-35-49-48(33-39(52)2)65(3,4)30-31-66(49,5)6)53-37-59-58(36-50(53)68-62)71-56-24-16-17-25-57(56)72-59/h9-29,32-37,69H,30-31H2,1-8H3. The molecule has 2 aliphatic carbocycles. The maximum absolute atomic E-state index is 7.25. The molecule has 1 aromatic heterocycles. The van der Waals surface area contributed by atoms with E-state index in [2.05, 4.69) is 212 Å². The van der Waals surface area contributed by atoms with Crippen LogP contribution in [-0.4, -0.2) is 7.28 Å². The minimum Gasteiger partial charge on any atom is -0.455 e. The van der Waals surface area contributed by atoms with E-state index in [1.54, 1.807) is 0 Å². The largest absolute Gasteiger partial charge is 0.455 e. The molecule has 0 unspecified atom stereocenters. The van der Waals surface area contributed by atoms with Gasteiger partial charge in [-0.15, -0.1) is 0 Å². The van der Waals surface area contributed by atoms with Crippen LogP contribution in [0.5, 0.6) is 23.0 Å². The Labute approximate surface area is 428 Å². The van der Waals surface area contributed by atoms with Crippen molar-refractivity contribution in [1.82, 2.24) is 0 Å². The molecule has 10 aromatic rings. The summed E-state index contributed by atoms with van der Waals surface area (Å²) in [5.41, 5.74) is 23.6. The molecule has 3 heterocycles. The number of nitrogens with one attached hydrogen (secondary N) is 1. The zero-order chi connectivity index (χ0) is 49.7. The Morgan fingerprint density at radius 1 is 0.521 bits per heavy atom. The van der Waals surface area contributed by atoms with Gasteiger partial charge in [-0.05, 0) is 136 Å². The monoisotopic (exact) mass is 947 g/mol. The molecule has 1 N–H and O–H groups in total. The summed E-state index contributed by atoms with van der Waals surface area (Å²) >= 11 is 0. The lowest BCUT2D eigenvalue weighted by Crippen LogP contribution is -2.41. The summed E-state index contributed by atoms with van der Waals surface area (Å²) in [6.45, 7) is 18.9. The second-order valence-electron chi connectivity index (χ2n) is 22.7. The fraction of sp³-hybridized carbons (Fsp3) is 0.194. The summed E-state index contributed by atoms with van der Waals surface area (Å²) in [5.74, 6) is 2.77. The molecular formula is C67H56BN2O3. The molecule has 4 aliphatic rings. The first-order valence-electron chi connectivity index (χ1n) is 25.9. The molecule has 2 aliphatic heterocycles. The van der Waals surface area contributed by atoms with Crippen LogP contribution in [0.25, 0.3) is 55.3 Å². The third kappa shape index (κ3) is 6.55. The van der Waals surface area contributed by atoms with Gasteiger partial charge in [-0.3, -0.25) is 0 Å². The summed E-state index contributed by atoms with van der Waals surface area (Å²) in [5, 5.41) is 6.36.